The highest BCUT2D eigenvalue weighted by molar-refractivity contribution is 14.1. The Bertz CT molecular complexity index is 572. The Kier molecular flexibility index (Phi) is 6.20. The number of sulfonamides is 1. The molecule has 1 aromatic heterocycles. The Morgan fingerprint density at radius 3 is 2.79 bits per heavy atom. The second-order valence-corrected chi connectivity index (χ2v) is 6.99. The van der Waals surface area contributed by atoms with Gasteiger partial charge in [-0.3, -0.25) is 4.79 Å². The number of H-pyrrole nitrogens is 1. The van der Waals surface area contributed by atoms with Gasteiger partial charge in [-0.1, -0.05) is 6.92 Å². The fourth-order valence-electron chi connectivity index (χ4n) is 1.53. The molecular weight excluding hydrogens is 383 g/mol. The van der Waals surface area contributed by atoms with Crippen LogP contribution in [-0.4, -0.2) is 48.6 Å². The summed E-state index contributed by atoms with van der Waals surface area (Å²) >= 11 is 1.92. The van der Waals surface area contributed by atoms with Gasteiger partial charge in [0.05, 0.1) is 12.6 Å². The first kappa shape index (κ1) is 16.4. The standard InChI is InChI=1S/C10H17IN4O3S/c1-3-15(19(2,17)18)6-4-5-12-9-8(11)10(16)14-7-13-9/h7H,3-6H2,1-2H3,(H2,12,13,14,16). The number of nitrogens with one attached hydrogen (secondary N) is 2. The monoisotopic (exact) mass is 400 g/mol. The Hall–Kier alpha value is -0.680. The molecule has 0 aliphatic heterocycles. The molecule has 0 aromatic carbocycles. The number of anilines is 1. The molecule has 2 N–H and O–H groups in total. The van der Waals surface area contributed by atoms with Gasteiger partial charge < -0.3 is 10.3 Å². The third-order valence-corrected chi connectivity index (χ3v) is 4.87. The lowest BCUT2D eigenvalue weighted by Gasteiger charge is -2.17. The summed E-state index contributed by atoms with van der Waals surface area (Å²) in [4.78, 5) is 17.8. The lowest BCUT2D eigenvalue weighted by atomic mass is 10.4. The summed E-state index contributed by atoms with van der Waals surface area (Å²) in [6, 6.07) is 0. The molecule has 0 amide bonds. The molecule has 7 nitrogen and oxygen atoms in total. The molecule has 0 aliphatic carbocycles. The van der Waals surface area contributed by atoms with E-state index in [4.69, 9.17) is 0 Å². The van der Waals surface area contributed by atoms with Crippen molar-refractivity contribution < 1.29 is 8.42 Å². The maximum absolute atomic E-state index is 11.4. The lowest BCUT2D eigenvalue weighted by molar-refractivity contribution is 0.428. The van der Waals surface area contributed by atoms with Gasteiger partial charge in [0.25, 0.3) is 5.56 Å². The van der Waals surface area contributed by atoms with Gasteiger partial charge in [0.2, 0.25) is 10.0 Å². The summed E-state index contributed by atoms with van der Waals surface area (Å²) in [5.74, 6) is 0.520. The van der Waals surface area contributed by atoms with Crippen LogP contribution in [0.4, 0.5) is 5.82 Å². The molecule has 9 heteroatoms. The van der Waals surface area contributed by atoms with Crippen LogP contribution >= 0.6 is 22.6 Å². The van der Waals surface area contributed by atoms with Crippen molar-refractivity contribution in [2.45, 2.75) is 13.3 Å². The first-order chi connectivity index (χ1) is 8.86. The molecule has 1 rings (SSSR count). The predicted octanol–water partition coefficient (Wildman–Crippen LogP) is 0.458. The minimum Gasteiger partial charge on any atom is -0.369 e. The average Bonchev–Trinajstić information content (AvgIpc) is 2.32. The highest BCUT2D eigenvalue weighted by Gasteiger charge is 2.13. The maximum Gasteiger partial charge on any atom is 0.266 e. The van der Waals surface area contributed by atoms with E-state index in [1.165, 1.54) is 16.9 Å². The maximum atomic E-state index is 11.4. The minimum absolute atomic E-state index is 0.190. The van der Waals surface area contributed by atoms with E-state index < -0.39 is 10.0 Å². The van der Waals surface area contributed by atoms with Crippen LogP contribution < -0.4 is 10.9 Å². The van der Waals surface area contributed by atoms with Gasteiger partial charge in [-0.2, -0.15) is 0 Å². The van der Waals surface area contributed by atoms with Crippen LogP contribution in [0, 0.1) is 3.57 Å². The number of hydrogen-bond acceptors (Lipinski definition) is 5. The van der Waals surface area contributed by atoms with E-state index in [1.54, 1.807) is 6.92 Å². The Morgan fingerprint density at radius 1 is 1.53 bits per heavy atom. The van der Waals surface area contributed by atoms with Crippen LogP contribution in [0.2, 0.25) is 0 Å². The van der Waals surface area contributed by atoms with Crippen molar-refractivity contribution in [3.05, 3.63) is 20.3 Å². The zero-order valence-corrected chi connectivity index (χ0v) is 13.8. The van der Waals surface area contributed by atoms with E-state index in [0.717, 1.165) is 0 Å². The van der Waals surface area contributed by atoms with E-state index >= 15 is 0 Å². The van der Waals surface area contributed by atoms with E-state index in [2.05, 4.69) is 15.3 Å². The van der Waals surface area contributed by atoms with E-state index in [1.807, 2.05) is 22.6 Å². The van der Waals surface area contributed by atoms with Gasteiger partial charge >= 0.3 is 0 Å². The Morgan fingerprint density at radius 2 is 2.21 bits per heavy atom. The molecule has 1 heterocycles. The molecule has 0 fully saturated rings. The quantitative estimate of drug-likeness (QED) is 0.512. The number of rotatable bonds is 7. The van der Waals surface area contributed by atoms with Crippen LogP contribution in [0.3, 0.4) is 0 Å². The molecular formula is C10H17IN4O3S. The first-order valence-electron chi connectivity index (χ1n) is 5.78. The molecule has 1 aromatic rings. The van der Waals surface area contributed by atoms with Crippen LogP contribution in [-0.2, 0) is 10.0 Å². The summed E-state index contributed by atoms with van der Waals surface area (Å²) in [5, 5.41) is 3.02. The molecule has 0 radical (unpaired) electrons. The van der Waals surface area contributed by atoms with Gasteiger partial charge in [0, 0.05) is 19.6 Å². The predicted molar refractivity (Wildman–Crippen MR) is 82.8 cm³/mol. The van der Waals surface area contributed by atoms with Crippen molar-refractivity contribution in [3.63, 3.8) is 0 Å². The molecule has 19 heavy (non-hydrogen) atoms. The molecule has 0 bridgehead atoms. The van der Waals surface area contributed by atoms with Gasteiger partial charge in [-0.25, -0.2) is 17.7 Å². The van der Waals surface area contributed by atoms with Gasteiger partial charge in [-0.05, 0) is 29.0 Å². The van der Waals surface area contributed by atoms with Gasteiger partial charge in [0.15, 0.2) is 0 Å². The third-order valence-electron chi connectivity index (χ3n) is 2.50. The number of halogens is 1. The second-order valence-electron chi connectivity index (χ2n) is 3.93. The summed E-state index contributed by atoms with van der Waals surface area (Å²) in [6.07, 6.45) is 3.18. The highest BCUT2D eigenvalue weighted by atomic mass is 127. The third kappa shape index (κ3) is 5.07. The van der Waals surface area contributed by atoms with Crippen LogP contribution in [0.15, 0.2) is 11.1 Å². The van der Waals surface area contributed by atoms with E-state index in [9.17, 15) is 13.2 Å². The first-order valence-corrected chi connectivity index (χ1v) is 8.71. The second kappa shape index (κ2) is 7.20. The number of hydrogen-bond donors (Lipinski definition) is 2. The topological polar surface area (TPSA) is 95.2 Å². The fourth-order valence-corrected chi connectivity index (χ4v) is 2.94. The van der Waals surface area contributed by atoms with Crippen molar-refractivity contribution in [2.24, 2.45) is 0 Å². The highest BCUT2D eigenvalue weighted by Crippen LogP contribution is 2.08. The van der Waals surface area contributed by atoms with Crippen molar-refractivity contribution in [1.82, 2.24) is 14.3 Å². The van der Waals surface area contributed by atoms with Crippen molar-refractivity contribution in [2.75, 3.05) is 31.2 Å². The summed E-state index contributed by atoms with van der Waals surface area (Å²) in [5.41, 5.74) is -0.190. The smallest absolute Gasteiger partial charge is 0.266 e. The molecule has 0 aliphatic rings. The largest absolute Gasteiger partial charge is 0.369 e. The number of aromatic amines is 1. The normalized spacial score (nSPS) is 11.8. The van der Waals surface area contributed by atoms with Gasteiger partial charge in [0.1, 0.15) is 9.39 Å². The van der Waals surface area contributed by atoms with Crippen LogP contribution in [0.25, 0.3) is 0 Å². The molecule has 0 unspecified atom stereocenters. The number of nitrogens with zero attached hydrogens (tertiary/aromatic N) is 2. The Labute approximate surface area is 126 Å². The van der Waals surface area contributed by atoms with Crippen molar-refractivity contribution in [1.29, 1.82) is 0 Å². The van der Waals surface area contributed by atoms with Gasteiger partial charge in [-0.15, -0.1) is 0 Å². The molecule has 0 spiro atoms. The zero-order valence-electron chi connectivity index (χ0n) is 10.8. The summed E-state index contributed by atoms with van der Waals surface area (Å²) < 4.78 is 24.6. The van der Waals surface area contributed by atoms with Crippen LogP contribution in [0.5, 0.6) is 0 Å². The number of aromatic nitrogens is 2. The zero-order chi connectivity index (χ0) is 14.5. The SMILES string of the molecule is CCN(CCCNc1nc[nH]c(=O)c1I)S(C)(=O)=O. The molecule has 0 saturated carbocycles. The molecule has 0 atom stereocenters. The van der Waals surface area contributed by atoms with Crippen molar-refractivity contribution in [3.8, 4) is 0 Å². The minimum atomic E-state index is -3.14. The van der Waals surface area contributed by atoms with E-state index in [-0.39, 0.29) is 5.56 Å². The van der Waals surface area contributed by atoms with Crippen molar-refractivity contribution >= 4 is 38.4 Å². The lowest BCUT2D eigenvalue weighted by Crippen LogP contribution is -2.31. The fraction of sp³-hybridized carbons (Fsp3) is 0.600. The molecule has 108 valence electrons. The average molecular weight is 400 g/mol. The Balaban J connectivity index is 2.47. The summed E-state index contributed by atoms with van der Waals surface area (Å²) in [6.45, 7) is 3.26. The summed E-state index contributed by atoms with van der Waals surface area (Å²) in [7, 11) is -3.14. The van der Waals surface area contributed by atoms with E-state index in [0.29, 0.717) is 35.4 Å². The van der Waals surface area contributed by atoms with Crippen LogP contribution in [0.1, 0.15) is 13.3 Å². The molecule has 0 saturated heterocycles.